The summed E-state index contributed by atoms with van der Waals surface area (Å²) in [4.78, 5) is 11.2. The van der Waals surface area contributed by atoms with E-state index in [4.69, 9.17) is 0 Å². The van der Waals surface area contributed by atoms with Crippen LogP contribution in [0.15, 0.2) is 0 Å². The van der Waals surface area contributed by atoms with E-state index in [2.05, 4.69) is 6.92 Å². The molecule has 0 N–H and O–H groups in total. The second kappa shape index (κ2) is 2.08. The van der Waals surface area contributed by atoms with Gasteiger partial charge in [0.15, 0.2) is 0 Å². The highest BCUT2D eigenvalue weighted by atomic mass is 16.1. The molecule has 2 saturated carbocycles. The summed E-state index contributed by atoms with van der Waals surface area (Å²) in [5.41, 5.74) is 0. The molecule has 56 valence electrons. The van der Waals surface area contributed by atoms with Gasteiger partial charge in [0.1, 0.15) is 5.78 Å². The lowest BCUT2D eigenvalue weighted by atomic mass is 9.94. The second-order valence-electron chi connectivity index (χ2n) is 3.81. The van der Waals surface area contributed by atoms with E-state index in [1.807, 2.05) is 0 Å². The molecular formula is C9H14O. The van der Waals surface area contributed by atoms with Crippen LogP contribution in [0.2, 0.25) is 0 Å². The Labute approximate surface area is 61.8 Å². The van der Waals surface area contributed by atoms with Crippen LogP contribution in [0.25, 0.3) is 0 Å². The maximum Gasteiger partial charge on any atom is 0.136 e. The molecular weight excluding hydrogens is 124 g/mol. The average molecular weight is 138 g/mol. The summed E-state index contributed by atoms with van der Waals surface area (Å²) >= 11 is 0. The fourth-order valence-corrected chi connectivity index (χ4v) is 2.66. The van der Waals surface area contributed by atoms with Crippen LogP contribution in [0, 0.1) is 17.8 Å². The van der Waals surface area contributed by atoms with Crippen molar-refractivity contribution < 1.29 is 4.79 Å². The van der Waals surface area contributed by atoms with Crippen molar-refractivity contribution in [1.82, 2.24) is 0 Å². The summed E-state index contributed by atoms with van der Waals surface area (Å²) in [5.74, 6) is 2.47. The molecule has 3 atom stereocenters. The fourth-order valence-electron chi connectivity index (χ4n) is 2.66. The summed E-state index contributed by atoms with van der Waals surface area (Å²) in [6.45, 7) is 2.11. The van der Waals surface area contributed by atoms with Crippen molar-refractivity contribution in [3.05, 3.63) is 0 Å². The van der Waals surface area contributed by atoms with Crippen LogP contribution < -0.4 is 0 Å². The predicted molar refractivity (Wildman–Crippen MR) is 39.6 cm³/mol. The molecule has 2 rings (SSSR count). The van der Waals surface area contributed by atoms with Gasteiger partial charge in [-0.2, -0.15) is 0 Å². The van der Waals surface area contributed by atoms with Gasteiger partial charge in [-0.3, -0.25) is 4.79 Å². The van der Waals surface area contributed by atoms with Crippen molar-refractivity contribution in [2.75, 3.05) is 0 Å². The first-order valence-corrected chi connectivity index (χ1v) is 4.32. The summed E-state index contributed by atoms with van der Waals surface area (Å²) in [5, 5.41) is 0. The molecule has 0 heterocycles. The van der Waals surface area contributed by atoms with Gasteiger partial charge < -0.3 is 0 Å². The number of fused-ring (bicyclic) bond motifs is 1. The SMILES string of the molecule is C[C@H]1C(=O)C[C@H]2CCC[C@H]21. The molecule has 0 aromatic rings. The van der Waals surface area contributed by atoms with Crippen molar-refractivity contribution in [2.24, 2.45) is 17.8 Å². The third-order valence-electron chi connectivity index (χ3n) is 3.33. The molecule has 0 saturated heterocycles. The summed E-state index contributed by atoms with van der Waals surface area (Å²) in [6, 6.07) is 0. The normalized spacial score (nSPS) is 46.1. The molecule has 10 heavy (non-hydrogen) atoms. The zero-order valence-corrected chi connectivity index (χ0v) is 6.47. The van der Waals surface area contributed by atoms with E-state index < -0.39 is 0 Å². The first-order valence-electron chi connectivity index (χ1n) is 4.32. The van der Waals surface area contributed by atoms with Gasteiger partial charge in [0.2, 0.25) is 0 Å². The topological polar surface area (TPSA) is 17.1 Å². The summed E-state index contributed by atoms with van der Waals surface area (Å²) in [7, 11) is 0. The maximum absolute atomic E-state index is 11.2. The molecule has 0 aromatic heterocycles. The monoisotopic (exact) mass is 138 g/mol. The van der Waals surface area contributed by atoms with Crippen LogP contribution in [0.3, 0.4) is 0 Å². The van der Waals surface area contributed by atoms with Crippen LogP contribution in [-0.2, 0) is 4.79 Å². The van der Waals surface area contributed by atoms with Crippen molar-refractivity contribution in [3.8, 4) is 0 Å². The van der Waals surface area contributed by atoms with E-state index >= 15 is 0 Å². The highest BCUT2D eigenvalue weighted by molar-refractivity contribution is 5.83. The Bertz CT molecular complexity index is 162. The van der Waals surface area contributed by atoms with Crippen molar-refractivity contribution >= 4 is 5.78 Å². The first kappa shape index (κ1) is 6.38. The smallest absolute Gasteiger partial charge is 0.136 e. The maximum atomic E-state index is 11.2. The zero-order chi connectivity index (χ0) is 7.14. The van der Waals surface area contributed by atoms with Crippen LogP contribution in [0.4, 0.5) is 0 Å². The van der Waals surface area contributed by atoms with Crippen LogP contribution in [0.1, 0.15) is 32.6 Å². The molecule has 0 bridgehead atoms. The minimum absolute atomic E-state index is 0.396. The van der Waals surface area contributed by atoms with E-state index in [-0.39, 0.29) is 0 Å². The highest BCUT2D eigenvalue weighted by Crippen LogP contribution is 2.45. The van der Waals surface area contributed by atoms with E-state index in [0.29, 0.717) is 11.7 Å². The van der Waals surface area contributed by atoms with Crippen LogP contribution >= 0.6 is 0 Å². The number of ketones is 1. The number of Topliss-reactive ketones (excluding diaryl/α,β-unsaturated/α-hetero) is 1. The molecule has 0 amide bonds. The highest BCUT2D eigenvalue weighted by Gasteiger charge is 2.41. The zero-order valence-electron chi connectivity index (χ0n) is 6.47. The largest absolute Gasteiger partial charge is 0.299 e. The van der Waals surface area contributed by atoms with Crippen LogP contribution in [-0.4, -0.2) is 5.78 Å². The van der Waals surface area contributed by atoms with Crippen molar-refractivity contribution in [2.45, 2.75) is 32.6 Å². The van der Waals surface area contributed by atoms with E-state index in [1.54, 1.807) is 0 Å². The fraction of sp³-hybridized carbons (Fsp3) is 0.889. The lowest BCUT2D eigenvalue weighted by molar-refractivity contribution is -0.120. The second-order valence-corrected chi connectivity index (χ2v) is 3.81. The molecule has 0 radical (unpaired) electrons. The molecule has 2 aliphatic carbocycles. The molecule has 0 spiro atoms. The van der Waals surface area contributed by atoms with Gasteiger partial charge in [0, 0.05) is 12.3 Å². The van der Waals surface area contributed by atoms with Gasteiger partial charge in [-0.1, -0.05) is 13.3 Å². The number of hydrogen-bond acceptors (Lipinski definition) is 1. The van der Waals surface area contributed by atoms with E-state index in [9.17, 15) is 4.79 Å². The molecule has 2 aliphatic rings. The third kappa shape index (κ3) is 0.727. The van der Waals surface area contributed by atoms with Gasteiger partial charge in [-0.05, 0) is 24.7 Å². The Balaban J connectivity index is 2.16. The lowest BCUT2D eigenvalue weighted by Crippen LogP contribution is -2.09. The first-order chi connectivity index (χ1) is 4.79. The number of rotatable bonds is 0. The molecule has 1 nitrogen and oxygen atoms in total. The van der Waals surface area contributed by atoms with Gasteiger partial charge in [0.05, 0.1) is 0 Å². The van der Waals surface area contributed by atoms with Gasteiger partial charge in [0.25, 0.3) is 0 Å². The Morgan fingerprint density at radius 2 is 2.20 bits per heavy atom. The Hall–Kier alpha value is -0.330. The Morgan fingerprint density at radius 3 is 2.90 bits per heavy atom. The van der Waals surface area contributed by atoms with Crippen molar-refractivity contribution in [1.29, 1.82) is 0 Å². The minimum Gasteiger partial charge on any atom is -0.299 e. The average Bonchev–Trinajstić information content (AvgIpc) is 2.41. The molecule has 0 aliphatic heterocycles. The van der Waals surface area contributed by atoms with Gasteiger partial charge >= 0.3 is 0 Å². The van der Waals surface area contributed by atoms with Gasteiger partial charge in [-0.25, -0.2) is 0 Å². The molecule has 0 unspecified atom stereocenters. The predicted octanol–water partition coefficient (Wildman–Crippen LogP) is 2.01. The summed E-state index contributed by atoms with van der Waals surface area (Å²) in [6.07, 6.45) is 4.90. The number of carbonyl (C=O) groups excluding carboxylic acids is 1. The molecule has 1 heteroatoms. The molecule has 2 fully saturated rings. The lowest BCUT2D eigenvalue weighted by Gasteiger charge is -2.10. The van der Waals surface area contributed by atoms with Crippen LogP contribution in [0.5, 0.6) is 0 Å². The number of hydrogen-bond donors (Lipinski definition) is 0. The standard InChI is InChI=1S/C9H14O/c1-6-8-4-2-3-7(8)5-9(6)10/h6-8H,2-5H2,1H3/t6-,7-,8+/m1/s1. The quantitative estimate of drug-likeness (QED) is 0.500. The Morgan fingerprint density at radius 1 is 1.40 bits per heavy atom. The van der Waals surface area contributed by atoms with E-state index in [1.165, 1.54) is 19.3 Å². The molecule has 0 aromatic carbocycles. The van der Waals surface area contributed by atoms with Crippen molar-refractivity contribution in [3.63, 3.8) is 0 Å². The van der Waals surface area contributed by atoms with E-state index in [0.717, 1.165) is 18.3 Å². The summed E-state index contributed by atoms with van der Waals surface area (Å²) < 4.78 is 0. The Kier molecular flexibility index (Phi) is 1.33. The van der Waals surface area contributed by atoms with Gasteiger partial charge in [-0.15, -0.1) is 0 Å². The number of carbonyl (C=O) groups is 1. The third-order valence-corrected chi connectivity index (χ3v) is 3.33. The minimum atomic E-state index is 0.396.